The molecule has 0 bridgehead atoms. The molecular formula is C28H23F2N5O5S. The van der Waals surface area contributed by atoms with Gasteiger partial charge in [-0.1, -0.05) is 0 Å². The lowest BCUT2D eigenvalue weighted by Crippen LogP contribution is -2.16. The molecule has 210 valence electrons. The minimum Gasteiger partial charge on any atom is -0.486 e. The van der Waals surface area contributed by atoms with Crippen molar-refractivity contribution in [2.24, 2.45) is 12.8 Å². The highest BCUT2D eigenvalue weighted by atomic mass is 32.1. The number of carbonyl (C=O) groups excluding carboxylic acids is 3. The fraction of sp³-hybridized carbons (Fsp3) is 0.179. The number of alkyl halides is 2. The van der Waals surface area contributed by atoms with E-state index in [2.05, 4.69) is 15.4 Å². The standard InChI is InChI=1S/C28H23F2N5O5S/c1-13-19(11-35(3)34-13)18-10-20(25(29)30)32-28-22(18)23(24(41-28)26(31)37)33-27(38)21-9-8-17(40-21)12-39-16-6-4-15(5-7-16)14(2)36/h4-11,25H,12H2,1-3H3,(H2,31,37)(H,33,38). The van der Waals surface area contributed by atoms with Gasteiger partial charge in [-0.15, -0.1) is 11.3 Å². The summed E-state index contributed by atoms with van der Waals surface area (Å²) in [6.45, 7) is 3.19. The maximum atomic E-state index is 13.7. The van der Waals surface area contributed by atoms with Crippen molar-refractivity contribution in [1.82, 2.24) is 14.8 Å². The topological polar surface area (TPSA) is 142 Å². The van der Waals surface area contributed by atoms with Gasteiger partial charge in [0.1, 0.15) is 33.5 Å². The summed E-state index contributed by atoms with van der Waals surface area (Å²) in [6, 6.07) is 10.8. The first-order valence-electron chi connectivity index (χ1n) is 12.2. The molecule has 0 radical (unpaired) electrons. The first-order valence-corrected chi connectivity index (χ1v) is 13.0. The number of primary amides is 1. The number of anilines is 1. The van der Waals surface area contributed by atoms with Gasteiger partial charge in [0, 0.05) is 29.8 Å². The third-order valence-electron chi connectivity index (χ3n) is 6.20. The Kier molecular flexibility index (Phi) is 7.37. The number of carbonyl (C=O) groups is 3. The zero-order chi connectivity index (χ0) is 29.4. The summed E-state index contributed by atoms with van der Waals surface area (Å²) in [4.78, 5) is 41.1. The van der Waals surface area contributed by atoms with Crippen LogP contribution >= 0.6 is 11.3 Å². The summed E-state index contributed by atoms with van der Waals surface area (Å²) >= 11 is 0.803. The largest absolute Gasteiger partial charge is 0.486 e. The van der Waals surface area contributed by atoms with Gasteiger partial charge < -0.3 is 20.2 Å². The number of amides is 2. The van der Waals surface area contributed by atoms with Crippen LogP contribution in [0.2, 0.25) is 0 Å². The van der Waals surface area contributed by atoms with E-state index in [9.17, 15) is 23.2 Å². The van der Waals surface area contributed by atoms with Crippen LogP contribution in [-0.2, 0) is 13.7 Å². The number of fused-ring (bicyclic) bond motifs is 1. The number of hydrogen-bond donors (Lipinski definition) is 2. The Labute approximate surface area is 235 Å². The van der Waals surface area contributed by atoms with Crippen molar-refractivity contribution in [3.8, 4) is 16.9 Å². The normalized spacial score (nSPS) is 11.3. The highest BCUT2D eigenvalue weighted by molar-refractivity contribution is 7.21. The smallest absolute Gasteiger partial charge is 0.291 e. The number of furan rings is 1. The molecular weight excluding hydrogens is 556 g/mol. The van der Waals surface area contributed by atoms with Crippen LogP contribution < -0.4 is 15.8 Å². The summed E-state index contributed by atoms with van der Waals surface area (Å²) in [5.41, 5.74) is 7.10. The Morgan fingerprint density at radius 3 is 2.49 bits per heavy atom. The maximum absolute atomic E-state index is 13.7. The number of ketones is 1. The third-order valence-corrected chi connectivity index (χ3v) is 7.30. The zero-order valence-corrected chi connectivity index (χ0v) is 22.8. The van der Waals surface area contributed by atoms with E-state index in [-0.39, 0.29) is 38.9 Å². The second-order valence-electron chi connectivity index (χ2n) is 9.14. The first kappa shape index (κ1) is 27.6. The number of rotatable bonds is 9. The van der Waals surface area contributed by atoms with E-state index in [1.165, 1.54) is 23.7 Å². The van der Waals surface area contributed by atoms with Crippen LogP contribution in [0.15, 0.2) is 53.1 Å². The Morgan fingerprint density at radius 2 is 1.88 bits per heavy atom. The number of benzene rings is 1. The van der Waals surface area contributed by atoms with Crippen LogP contribution in [0.3, 0.4) is 0 Å². The van der Waals surface area contributed by atoms with E-state index >= 15 is 0 Å². The molecule has 0 atom stereocenters. The number of aromatic nitrogens is 3. The molecule has 0 saturated carbocycles. The van der Waals surface area contributed by atoms with Crippen LogP contribution in [0.25, 0.3) is 21.3 Å². The summed E-state index contributed by atoms with van der Waals surface area (Å²) in [6.07, 6.45) is -1.22. The fourth-order valence-corrected chi connectivity index (χ4v) is 5.31. The molecule has 41 heavy (non-hydrogen) atoms. The number of nitrogens with zero attached hydrogens (tertiary/aromatic N) is 3. The lowest BCUT2D eigenvalue weighted by Gasteiger charge is -2.10. The van der Waals surface area contributed by atoms with Crippen LogP contribution in [0.5, 0.6) is 5.75 Å². The Morgan fingerprint density at radius 1 is 1.15 bits per heavy atom. The quantitative estimate of drug-likeness (QED) is 0.214. The molecule has 0 fully saturated rings. The molecule has 1 aromatic carbocycles. The van der Waals surface area contributed by atoms with Gasteiger partial charge in [-0.3, -0.25) is 19.1 Å². The molecule has 13 heteroatoms. The molecule has 5 rings (SSSR count). The number of nitrogens with one attached hydrogen (secondary N) is 1. The number of hydrogen-bond acceptors (Lipinski definition) is 8. The van der Waals surface area contributed by atoms with E-state index in [4.69, 9.17) is 14.9 Å². The molecule has 0 aliphatic rings. The van der Waals surface area contributed by atoms with Crippen molar-refractivity contribution in [3.63, 3.8) is 0 Å². The number of halogens is 2. The molecule has 0 spiro atoms. The molecule has 4 heterocycles. The Bertz CT molecular complexity index is 1810. The Balaban J connectivity index is 1.46. The van der Waals surface area contributed by atoms with Crippen LogP contribution in [-0.4, -0.2) is 32.4 Å². The van der Waals surface area contributed by atoms with Crippen molar-refractivity contribution < 1.29 is 32.3 Å². The average molecular weight is 580 g/mol. The van der Waals surface area contributed by atoms with Gasteiger partial charge in [-0.25, -0.2) is 13.8 Å². The predicted octanol–water partition coefficient (Wildman–Crippen LogP) is 5.67. The van der Waals surface area contributed by atoms with Gasteiger partial charge in [0.25, 0.3) is 18.2 Å². The predicted molar refractivity (Wildman–Crippen MR) is 147 cm³/mol. The lowest BCUT2D eigenvalue weighted by molar-refractivity contribution is 0.0990. The van der Waals surface area contributed by atoms with Crippen molar-refractivity contribution in [1.29, 1.82) is 0 Å². The molecule has 4 aromatic heterocycles. The van der Waals surface area contributed by atoms with E-state index in [0.29, 0.717) is 33.9 Å². The van der Waals surface area contributed by atoms with E-state index < -0.39 is 23.9 Å². The summed E-state index contributed by atoms with van der Waals surface area (Å²) < 4.78 is 40.3. The number of aryl methyl sites for hydroxylation is 2. The number of pyridine rings is 1. The molecule has 0 aliphatic heterocycles. The van der Waals surface area contributed by atoms with E-state index in [0.717, 1.165) is 11.3 Å². The van der Waals surface area contributed by atoms with Gasteiger partial charge in [0.15, 0.2) is 11.5 Å². The van der Waals surface area contributed by atoms with Crippen molar-refractivity contribution in [3.05, 3.63) is 82.0 Å². The molecule has 10 nitrogen and oxygen atoms in total. The second-order valence-corrected chi connectivity index (χ2v) is 10.1. The monoisotopic (exact) mass is 579 g/mol. The van der Waals surface area contributed by atoms with Crippen molar-refractivity contribution in [2.45, 2.75) is 26.9 Å². The summed E-state index contributed by atoms with van der Waals surface area (Å²) in [5.74, 6) is -0.866. The van der Waals surface area contributed by atoms with Crippen LogP contribution in [0.1, 0.15) is 61.1 Å². The minimum atomic E-state index is -2.87. The van der Waals surface area contributed by atoms with Crippen molar-refractivity contribution in [2.75, 3.05) is 5.32 Å². The van der Waals surface area contributed by atoms with Gasteiger partial charge in [0.2, 0.25) is 0 Å². The van der Waals surface area contributed by atoms with Gasteiger partial charge in [0.05, 0.1) is 11.4 Å². The van der Waals surface area contributed by atoms with Gasteiger partial charge >= 0.3 is 0 Å². The van der Waals surface area contributed by atoms with Crippen LogP contribution in [0.4, 0.5) is 14.5 Å². The third kappa shape index (κ3) is 5.57. The second kappa shape index (κ2) is 10.9. The number of ether oxygens (including phenoxy) is 1. The number of nitrogens with two attached hydrogens (primary N) is 1. The molecule has 5 aromatic rings. The number of thiophene rings is 1. The minimum absolute atomic E-state index is 0.00533. The van der Waals surface area contributed by atoms with Gasteiger partial charge in [-0.05, 0) is 61.9 Å². The zero-order valence-electron chi connectivity index (χ0n) is 22.0. The number of Topliss-reactive ketones (excluding diaryl/α,β-unsaturated/α-hetero) is 1. The van der Waals surface area contributed by atoms with Crippen LogP contribution in [0, 0.1) is 6.92 Å². The van der Waals surface area contributed by atoms with Gasteiger partial charge in [-0.2, -0.15) is 5.10 Å². The average Bonchev–Trinajstić information content (AvgIpc) is 3.64. The SMILES string of the molecule is CC(=O)c1ccc(OCc2ccc(C(=O)Nc3c(C(N)=O)sc4nc(C(F)F)cc(-c5cn(C)nc5C)c34)o2)cc1. The first-order chi connectivity index (χ1) is 19.5. The van der Waals surface area contributed by atoms with E-state index in [1.54, 1.807) is 50.5 Å². The highest BCUT2D eigenvalue weighted by Crippen LogP contribution is 2.43. The molecule has 0 saturated heterocycles. The maximum Gasteiger partial charge on any atom is 0.291 e. The molecule has 2 amide bonds. The fourth-order valence-electron chi connectivity index (χ4n) is 4.29. The lowest BCUT2D eigenvalue weighted by atomic mass is 10.0. The Hall–Kier alpha value is -4.91. The van der Waals surface area contributed by atoms with E-state index in [1.807, 2.05) is 0 Å². The molecule has 3 N–H and O–H groups in total. The summed E-state index contributed by atoms with van der Waals surface area (Å²) in [7, 11) is 1.69. The van der Waals surface area contributed by atoms with Crippen molar-refractivity contribution >= 4 is 44.8 Å². The molecule has 0 aliphatic carbocycles. The highest BCUT2D eigenvalue weighted by Gasteiger charge is 2.27. The molecule has 0 unspecified atom stereocenters. The summed E-state index contributed by atoms with van der Waals surface area (Å²) in [5, 5.41) is 7.24.